The molecule has 0 radical (unpaired) electrons. The number of piperidine rings is 1. The Kier molecular flexibility index (Phi) is 5.71. The summed E-state index contributed by atoms with van der Waals surface area (Å²) in [5, 5.41) is 2.99. The van der Waals surface area contributed by atoms with Crippen molar-refractivity contribution in [3.63, 3.8) is 0 Å². The summed E-state index contributed by atoms with van der Waals surface area (Å²) < 4.78 is 5.68. The number of nitrogens with zero attached hydrogens (tertiary/aromatic N) is 2. The van der Waals surface area contributed by atoms with Gasteiger partial charge in [-0.2, -0.15) is 0 Å². The second-order valence-electron chi connectivity index (χ2n) is 6.62. The van der Waals surface area contributed by atoms with E-state index in [9.17, 15) is 9.59 Å². The van der Waals surface area contributed by atoms with Gasteiger partial charge in [0.05, 0.1) is 16.1 Å². The first-order valence-corrected chi connectivity index (χ1v) is 9.84. The van der Waals surface area contributed by atoms with Gasteiger partial charge in [-0.15, -0.1) is 11.3 Å². The lowest BCUT2D eigenvalue weighted by Gasteiger charge is -2.40. The van der Waals surface area contributed by atoms with Crippen LogP contribution in [-0.2, 0) is 32.8 Å². The topological polar surface area (TPSA) is 59.5 Å². The molecule has 0 unspecified atom stereocenters. The molecule has 138 valence electrons. The van der Waals surface area contributed by atoms with Crippen molar-refractivity contribution in [2.75, 3.05) is 13.1 Å². The quantitative estimate of drug-likeness (QED) is 0.756. The number of carbonyl (C=O) groups excluding carboxylic acids is 2. The Labute approximate surface area is 158 Å². The van der Waals surface area contributed by atoms with Gasteiger partial charge in [0.2, 0.25) is 5.91 Å². The molecule has 2 aromatic rings. The number of carbonyl (C=O) groups is 2. The molecule has 0 N–H and O–H groups in total. The number of amides is 1. The van der Waals surface area contributed by atoms with E-state index in [0.717, 1.165) is 22.7 Å². The average Bonchev–Trinajstić information content (AvgIpc) is 3.15. The van der Waals surface area contributed by atoms with Gasteiger partial charge in [-0.1, -0.05) is 37.3 Å². The van der Waals surface area contributed by atoms with Crippen LogP contribution in [0.4, 0.5) is 0 Å². The molecule has 1 fully saturated rings. The third-order valence-electron chi connectivity index (χ3n) is 5.03. The smallest absolute Gasteiger partial charge is 0.317 e. The highest BCUT2D eigenvalue weighted by Gasteiger charge is 2.44. The maximum absolute atomic E-state index is 13.1. The molecule has 6 heteroatoms. The lowest BCUT2D eigenvalue weighted by Crippen LogP contribution is -2.49. The van der Waals surface area contributed by atoms with Crippen LogP contribution in [0, 0.1) is 0 Å². The normalized spacial score (nSPS) is 16.3. The van der Waals surface area contributed by atoms with E-state index in [4.69, 9.17) is 4.74 Å². The standard InChI is InChI=1S/C20H24N2O3S/c1-3-18-21-17(14-26-18)13-25-19(24)20(16-7-5-4-6-8-16)9-11-22(12-10-20)15(2)23/h4-8,14H,3,9-13H2,1-2H3. The monoisotopic (exact) mass is 372 g/mol. The van der Waals surface area contributed by atoms with Gasteiger partial charge in [0.1, 0.15) is 6.61 Å². The molecule has 1 aromatic carbocycles. The van der Waals surface area contributed by atoms with Crippen LogP contribution in [0.3, 0.4) is 0 Å². The van der Waals surface area contributed by atoms with Crippen LogP contribution in [0.5, 0.6) is 0 Å². The van der Waals surface area contributed by atoms with Gasteiger partial charge in [0.15, 0.2) is 0 Å². The fourth-order valence-electron chi connectivity index (χ4n) is 3.43. The molecule has 3 rings (SSSR count). The molecule has 26 heavy (non-hydrogen) atoms. The van der Waals surface area contributed by atoms with E-state index in [1.807, 2.05) is 35.7 Å². The van der Waals surface area contributed by atoms with Crippen LogP contribution < -0.4 is 0 Å². The van der Waals surface area contributed by atoms with Crippen LogP contribution in [-0.4, -0.2) is 34.8 Å². The number of thiazole rings is 1. The Morgan fingerprint density at radius 1 is 1.23 bits per heavy atom. The van der Waals surface area contributed by atoms with E-state index in [0.29, 0.717) is 25.9 Å². The van der Waals surface area contributed by atoms with Crippen LogP contribution >= 0.6 is 11.3 Å². The predicted molar refractivity (Wildman–Crippen MR) is 101 cm³/mol. The second-order valence-corrected chi connectivity index (χ2v) is 7.56. The summed E-state index contributed by atoms with van der Waals surface area (Å²) in [7, 11) is 0. The number of ether oxygens (including phenoxy) is 1. The summed E-state index contributed by atoms with van der Waals surface area (Å²) in [4.78, 5) is 31.0. The third-order valence-corrected chi connectivity index (χ3v) is 6.07. The number of hydrogen-bond acceptors (Lipinski definition) is 5. The molecule has 1 aliphatic rings. The van der Waals surface area contributed by atoms with Gasteiger partial charge in [-0.25, -0.2) is 4.98 Å². The Morgan fingerprint density at radius 3 is 2.50 bits per heavy atom. The van der Waals surface area contributed by atoms with Gasteiger partial charge < -0.3 is 9.64 Å². The summed E-state index contributed by atoms with van der Waals surface area (Å²) in [6.45, 7) is 4.95. The van der Waals surface area contributed by atoms with Gasteiger partial charge in [0.25, 0.3) is 0 Å². The Bertz CT molecular complexity index is 764. The minimum atomic E-state index is -0.698. The number of aryl methyl sites for hydroxylation is 1. The van der Waals surface area contributed by atoms with Crippen LogP contribution in [0.1, 0.15) is 43.0 Å². The first-order chi connectivity index (χ1) is 12.5. The molecule has 1 saturated heterocycles. The first-order valence-electron chi connectivity index (χ1n) is 8.96. The van der Waals surface area contributed by atoms with E-state index >= 15 is 0 Å². The highest BCUT2D eigenvalue weighted by atomic mass is 32.1. The number of rotatable bonds is 5. The SMILES string of the molecule is CCc1nc(COC(=O)C2(c3ccccc3)CCN(C(C)=O)CC2)cs1. The number of benzene rings is 1. The highest BCUT2D eigenvalue weighted by Crippen LogP contribution is 2.37. The van der Waals surface area contributed by atoms with Crippen molar-refractivity contribution < 1.29 is 14.3 Å². The summed E-state index contributed by atoms with van der Waals surface area (Å²) in [6, 6.07) is 9.77. The van der Waals surface area contributed by atoms with Crippen molar-refractivity contribution in [1.29, 1.82) is 0 Å². The summed E-state index contributed by atoms with van der Waals surface area (Å²) >= 11 is 1.59. The number of esters is 1. The van der Waals surface area contributed by atoms with Crippen molar-refractivity contribution >= 4 is 23.2 Å². The lowest BCUT2D eigenvalue weighted by atomic mass is 9.72. The van der Waals surface area contributed by atoms with Crippen molar-refractivity contribution in [3.05, 3.63) is 52.0 Å². The number of aromatic nitrogens is 1. The largest absolute Gasteiger partial charge is 0.458 e. The van der Waals surface area contributed by atoms with E-state index in [-0.39, 0.29) is 18.5 Å². The highest BCUT2D eigenvalue weighted by molar-refractivity contribution is 7.09. The molecule has 1 aromatic heterocycles. The minimum Gasteiger partial charge on any atom is -0.458 e. The number of hydrogen-bond donors (Lipinski definition) is 0. The van der Waals surface area contributed by atoms with Crippen molar-refractivity contribution in [2.24, 2.45) is 0 Å². The van der Waals surface area contributed by atoms with Gasteiger partial charge in [-0.05, 0) is 24.8 Å². The van der Waals surface area contributed by atoms with Crippen LogP contribution in [0.2, 0.25) is 0 Å². The van der Waals surface area contributed by atoms with E-state index < -0.39 is 5.41 Å². The lowest BCUT2D eigenvalue weighted by molar-refractivity contribution is -0.155. The fraction of sp³-hybridized carbons (Fsp3) is 0.450. The summed E-state index contributed by atoms with van der Waals surface area (Å²) in [6.07, 6.45) is 2.03. The number of likely N-dealkylation sites (tertiary alicyclic amines) is 1. The van der Waals surface area contributed by atoms with Crippen molar-refractivity contribution in [2.45, 2.75) is 45.1 Å². The molecule has 0 bridgehead atoms. The molecule has 2 heterocycles. The maximum atomic E-state index is 13.1. The predicted octanol–water partition coefficient (Wildman–Crippen LogP) is 3.33. The zero-order valence-corrected chi connectivity index (χ0v) is 16.1. The minimum absolute atomic E-state index is 0.0506. The Hall–Kier alpha value is -2.21. The molecule has 0 saturated carbocycles. The van der Waals surface area contributed by atoms with Crippen molar-refractivity contribution in [3.8, 4) is 0 Å². The molecule has 5 nitrogen and oxygen atoms in total. The Balaban J connectivity index is 1.77. The molecule has 1 amide bonds. The van der Waals surface area contributed by atoms with Crippen LogP contribution in [0.25, 0.3) is 0 Å². The van der Waals surface area contributed by atoms with Crippen LogP contribution in [0.15, 0.2) is 35.7 Å². The van der Waals surface area contributed by atoms with Gasteiger partial charge in [-0.3, -0.25) is 9.59 Å². The van der Waals surface area contributed by atoms with Gasteiger partial charge in [0, 0.05) is 25.4 Å². The molecule has 0 aliphatic carbocycles. The Morgan fingerprint density at radius 2 is 1.92 bits per heavy atom. The fourth-order valence-corrected chi connectivity index (χ4v) is 4.16. The van der Waals surface area contributed by atoms with E-state index in [2.05, 4.69) is 11.9 Å². The summed E-state index contributed by atoms with van der Waals surface area (Å²) in [5.41, 5.74) is 1.06. The van der Waals surface area contributed by atoms with E-state index in [1.54, 1.807) is 23.2 Å². The molecule has 0 spiro atoms. The first kappa shape index (κ1) is 18.6. The molecular weight excluding hydrogens is 348 g/mol. The van der Waals surface area contributed by atoms with Gasteiger partial charge >= 0.3 is 5.97 Å². The molecule has 1 aliphatic heterocycles. The van der Waals surface area contributed by atoms with E-state index in [1.165, 1.54) is 0 Å². The third kappa shape index (κ3) is 3.80. The molecule has 0 atom stereocenters. The van der Waals surface area contributed by atoms with Crippen molar-refractivity contribution in [1.82, 2.24) is 9.88 Å². The maximum Gasteiger partial charge on any atom is 0.317 e. The zero-order chi connectivity index (χ0) is 18.6. The summed E-state index contributed by atoms with van der Waals surface area (Å²) in [5.74, 6) is -0.174. The molecular formula is C20H24N2O3S. The average molecular weight is 372 g/mol. The zero-order valence-electron chi connectivity index (χ0n) is 15.2. The second kappa shape index (κ2) is 7.99.